The van der Waals surface area contributed by atoms with Crippen LogP contribution in [-0.4, -0.2) is 28.6 Å². The minimum absolute atomic E-state index is 0.131. The van der Waals surface area contributed by atoms with Crippen molar-refractivity contribution in [2.24, 2.45) is 0 Å². The molecule has 2 heterocycles. The zero-order valence-electron chi connectivity index (χ0n) is 11.6. The summed E-state index contributed by atoms with van der Waals surface area (Å²) in [6.07, 6.45) is 5.71. The van der Waals surface area contributed by atoms with E-state index in [0.717, 1.165) is 24.3 Å². The normalized spacial score (nSPS) is 10.3. The van der Waals surface area contributed by atoms with E-state index < -0.39 is 0 Å². The van der Waals surface area contributed by atoms with Crippen molar-refractivity contribution in [3.05, 3.63) is 29.2 Å². The first-order valence-electron chi connectivity index (χ1n) is 6.61. The Morgan fingerprint density at radius 3 is 2.95 bits per heavy atom. The van der Waals surface area contributed by atoms with Gasteiger partial charge in [-0.1, -0.05) is 24.7 Å². The van der Waals surface area contributed by atoms with Gasteiger partial charge in [0.2, 0.25) is 11.0 Å². The van der Waals surface area contributed by atoms with Gasteiger partial charge in [0.1, 0.15) is 11.3 Å². The number of amides is 2. The van der Waals surface area contributed by atoms with Crippen molar-refractivity contribution in [3.8, 4) is 0 Å². The number of unbranched alkanes of at least 4 members (excludes halogenated alkanes) is 1. The van der Waals surface area contributed by atoms with Crippen LogP contribution in [0.1, 0.15) is 35.1 Å². The third-order valence-corrected chi connectivity index (χ3v) is 3.55. The Morgan fingerprint density at radius 1 is 1.38 bits per heavy atom. The molecule has 0 aliphatic rings. The molecule has 21 heavy (non-hydrogen) atoms. The van der Waals surface area contributed by atoms with Crippen molar-refractivity contribution in [2.45, 2.75) is 26.2 Å². The number of rotatable bonds is 7. The van der Waals surface area contributed by atoms with Crippen LogP contribution in [0.25, 0.3) is 0 Å². The van der Waals surface area contributed by atoms with E-state index in [4.69, 9.17) is 4.42 Å². The molecule has 8 heteroatoms. The third kappa shape index (κ3) is 4.67. The van der Waals surface area contributed by atoms with Crippen molar-refractivity contribution in [1.29, 1.82) is 0 Å². The van der Waals surface area contributed by atoms with Crippen LogP contribution in [0.2, 0.25) is 0 Å². The summed E-state index contributed by atoms with van der Waals surface area (Å²) in [6.45, 7) is 1.97. The Kier molecular flexibility index (Phi) is 5.44. The van der Waals surface area contributed by atoms with Gasteiger partial charge in [0, 0.05) is 6.42 Å². The first-order chi connectivity index (χ1) is 10.2. The summed E-state index contributed by atoms with van der Waals surface area (Å²) in [5.41, 5.74) is 0.376. The lowest BCUT2D eigenvalue weighted by molar-refractivity contribution is -0.115. The summed E-state index contributed by atoms with van der Waals surface area (Å²) < 4.78 is 4.80. The summed E-state index contributed by atoms with van der Waals surface area (Å²) in [5.74, 6) is -0.704. The maximum atomic E-state index is 11.7. The molecule has 0 saturated heterocycles. The summed E-state index contributed by atoms with van der Waals surface area (Å²) in [4.78, 5) is 23.3. The predicted octanol–water partition coefficient (Wildman–Crippen LogP) is 1.84. The van der Waals surface area contributed by atoms with Crippen molar-refractivity contribution in [3.63, 3.8) is 0 Å². The van der Waals surface area contributed by atoms with Gasteiger partial charge < -0.3 is 9.73 Å². The fourth-order valence-corrected chi connectivity index (χ4v) is 2.35. The van der Waals surface area contributed by atoms with E-state index in [-0.39, 0.29) is 18.4 Å². The Labute approximate surface area is 125 Å². The minimum Gasteiger partial charge on any atom is -0.472 e. The maximum Gasteiger partial charge on any atom is 0.254 e. The molecule has 0 atom stereocenters. The minimum atomic E-state index is -0.361. The van der Waals surface area contributed by atoms with E-state index in [1.165, 1.54) is 29.9 Å². The SMILES string of the molecule is CCCCc1nnc(NC(=O)CNC(=O)c2ccoc2)s1. The zero-order chi connectivity index (χ0) is 15.1. The molecule has 112 valence electrons. The van der Waals surface area contributed by atoms with Crippen molar-refractivity contribution in [2.75, 3.05) is 11.9 Å². The van der Waals surface area contributed by atoms with E-state index in [1.54, 1.807) is 0 Å². The largest absolute Gasteiger partial charge is 0.472 e. The van der Waals surface area contributed by atoms with E-state index >= 15 is 0 Å². The molecule has 2 aromatic heterocycles. The molecule has 0 aromatic carbocycles. The van der Waals surface area contributed by atoms with Crippen LogP contribution in [0.3, 0.4) is 0 Å². The summed E-state index contributed by atoms with van der Waals surface area (Å²) >= 11 is 1.35. The number of carbonyl (C=O) groups excluding carboxylic acids is 2. The second-order valence-electron chi connectivity index (χ2n) is 4.35. The predicted molar refractivity (Wildman–Crippen MR) is 78.2 cm³/mol. The molecular formula is C13H16N4O3S. The molecule has 0 spiro atoms. The van der Waals surface area contributed by atoms with Crippen molar-refractivity contribution < 1.29 is 14.0 Å². The Hall–Kier alpha value is -2.22. The molecule has 0 unspecified atom stereocenters. The molecule has 2 aromatic rings. The molecular weight excluding hydrogens is 292 g/mol. The molecule has 7 nitrogen and oxygen atoms in total. The Morgan fingerprint density at radius 2 is 2.24 bits per heavy atom. The zero-order valence-corrected chi connectivity index (χ0v) is 12.4. The van der Waals surface area contributed by atoms with Crippen molar-refractivity contribution >= 4 is 28.3 Å². The average Bonchev–Trinajstić information content (AvgIpc) is 3.14. The molecule has 2 rings (SSSR count). The van der Waals surface area contributed by atoms with Gasteiger partial charge in [-0.2, -0.15) is 0 Å². The van der Waals surface area contributed by atoms with Crippen LogP contribution in [0.15, 0.2) is 23.0 Å². The van der Waals surface area contributed by atoms with E-state index in [2.05, 4.69) is 27.8 Å². The van der Waals surface area contributed by atoms with Crippen LogP contribution < -0.4 is 10.6 Å². The number of furan rings is 1. The molecule has 2 N–H and O–H groups in total. The van der Waals surface area contributed by atoms with E-state index in [9.17, 15) is 9.59 Å². The molecule has 0 radical (unpaired) electrons. The van der Waals surface area contributed by atoms with E-state index in [0.29, 0.717) is 10.7 Å². The second-order valence-corrected chi connectivity index (χ2v) is 5.41. The fourth-order valence-electron chi connectivity index (χ4n) is 1.55. The van der Waals surface area contributed by atoms with Gasteiger partial charge in [-0.3, -0.25) is 14.9 Å². The highest BCUT2D eigenvalue weighted by atomic mass is 32.1. The number of carbonyl (C=O) groups is 2. The number of nitrogens with one attached hydrogen (secondary N) is 2. The third-order valence-electron chi connectivity index (χ3n) is 2.65. The van der Waals surface area contributed by atoms with Crippen LogP contribution in [0.4, 0.5) is 5.13 Å². The van der Waals surface area contributed by atoms with Gasteiger partial charge >= 0.3 is 0 Å². The molecule has 2 amide bonds. The number of hydrogen-bond acceptors (Lipinski definition) is 6. The fraction of sp³-hybridized carbons (Fsp3) is 0.385. The monoisotopic (exact) mass is 308 g/mol. The van der Waals surface area contributed by atoms with Gasteiger partial charge in [0.05, 0.1) is 18.4 Å². The standard InChI is InChI=1S/C13H16N4O3S/c1-2-3-4-11-16-17-13(21-11)15-10(18)7-14-12(19)9-5-6-20-8-9/h5-6,8H,2-4,7H2,1H3,(H,14,19)(H,15,17,18). The van der Waals surface area contributed by atoms with Crippen LogP contribution >= 0.6 is 11.3 Å². The summed E-state index contributed by atoms with van der Waals surface area (Å²) in [6, 6.07) is 1.53. The number of aromatic nitrogens is 2. The lowest BCUT2D eigenvalue weighted by atomic mass is 10.3. The quantitative estimate of drug-likeness (QED) is 0.813. The summed E-state index contributed by atoms with van der Waals surface area (Å²) in [7, 11) is 0. The number of hydrogen-bond donors (Lipinski definition) is 2. The topological polar surface area (TPSA) is 97.1 Å². The van der Waals surface area contributed by atoms with Crippen molar-refractivity contribution in [1.82, 2.24) is 15.5 Å². The smallest absolute Gasteiger partial charge is 0.254 e. The molecule has 0 aliphatic heterocycles. The van der Waals surface area contributed by atoms with Crippen LogP contribution in [0, 0.1) is 0 Å². The van der Waals surface area contributed by atoms with Gasteiger partial charge in [0.15, 0.2) is 0 Å². The second kappa shape index (κ2) is 7.53. The molecule has 0 aliphatic carbocycles. The van der Waals surface area contributed by atoms with Gasteiger partial charge in [-0.25, -0.2) is 0 Å². The first kappa shape index (κ1) is 15.2. The van der Waals surface area contributed by atoms with Gasteiger partial charge in [-0.05, 0) is 12.5 Å². The maximum absolute atomic E-state index is 11.7. The Balaban J connectivity index is 1.76. The number of anilines is 1. The number of aryl methyl sites for hydroxylation is 1. The molecule has 0 saturated carbocycles. The summed E-state index contributed by atoms with van der Waals surface area (Å²) in [5, 5.41) is 14.3. The lowest BCUT2D eigenvalue weighted by Crippen LogP contribution is -2.32. The van der Waals surface area contributed by atoms with Gasteiger partial charge in [-0.15, -0.1) is 10.2 Å². The Bertz CT molecular complexity index is 594. The van der Waals surface area contributed by atoms with Crippen LogP contribution in [0.5, 0.6) is 0 Å². The average molecular weight is 308 g/mol. The highest BCUT2D eigenvalue weighted by Crippen LogP contribution is 2.16. The van der Waals surface area contributed by atoms with Crippen LogP contribution in [-0.2, 0) is 11.2 Å². The highest BCUT2D eigenvalue weighted by molar-refractivity contribution is 7.15. The molecule has 0 fully saturated rings. The first-order valence-corrected chi connectivity index (χ1v) is 7.43. The van der Waals surface area contributed by atoms with E-state index in [1.807, 2.05) is 0 Å². The number of nitrogens with zero attached hydrogens (tertiary/aromatic N) is 2. The highest BCUT2D eigenvalue weighted by Gasteiger charge is 2.11. The molecule has 0 bridgehead atoms. The van der Waals surface area contributed by atoms with Gasteiger partial charge in [0.25, 0.3) is 5.91 Å². The lowest BCUT2D eigenvalue weighted by Gasteiger charge is -2.02.